The van der Waals surface area contributed by atoms with E-state index < -0.39 is 23.8 Å². The number of ether oxygens (including phenoxy) is 3. The van der Waals surface area contributed by atoms with E-state index in [0.29, 0.717) is 24.5 Å². The van der Waals surface area contributed by atoms with E-state index in [2.05, 4.69) is 50.4 Å². The van der Waals surface area contributed by atoms with E-state index in [-0.39, 0.29) is 31.5 Å². The summed E-state index contributed by atoms with van der Waals surface area (Å²) >= 11 is 0. The molecular weight excluding hydrogens is 763 g/mol. The molecule has 0 spiro atoms. The van der Waals surface area contributed by atoms with Crippen LogP contribution >= 0.6 is 0 Å². The van der Waals surface area contributed by atoms with Gasteiger partial charge in [0.25, 0.3) is 0 Å². The first-order valence-corrected chi connectivity index (χ1v) is 21.4. The highest BCUT2D eigenvalue weighted by Gasteiger charge is 2.43. The minimum Gasteiger partial charge on any atom is -0.462 e. The van der Waals surface area contributed by atoms with E-state index in [9.17, 15) is 9.59 Å². The zero-order valence-electron chi connectivity index (χ0n) is 33.8. The number of nitrogens with one attached hydrogen (secondary N) is 2. The maximum absolute atomic E-state index is 13.6. The molecule has 60 heavy (non-hydrogen) atoms. The van der Waals surface area contributed by atoms with Crippen LogP contribution in [0.4, 0.5) is 11.6 Å². The second kappa shape index (κ2) is 18.4. The fraction of sp³-hybridized carbons (Fsp3) is 0.467. The van der Waals surface area contributed by atoms with E-state index in [1.54, 1.807) is 11.1 Å². The Labute approximate surface area is 348 Å². The molecule has 0 amide bonds. The quantitative estimate of drug-likeness (QED) is 0.0731. The Morgan fingerprint density at radius 2 is 1.63 bits per heavy atom. The van der Waals surface area contributed by atoms with Gasteiger partial charge in [-0.2, -0.15) is 4.80 Å². The average Bonchev–Trinajstić information content (AvgIpc) is 3.66. The summed E-state index contributed by atoms with van der Waals surface area (Å²) in [6.07, 6.45) is 11.3. The van der Waals surface area contributed by atoms with Crippen molar-refractivity contribution in [2.24, 2.45) is 11.8 Å². The molecule has 1 saturated carbocycles. The number of anilines is 2. The van der Waals surface area contributed by atoms with Crippen molar-refractivity contribution in [3.05, 3.63) is 118 Å². The second-order valence-corrected chi connectivity index (χ2v) is 16.3. The van der Waals surface area contributed by atoms with Gasteiger partial charge in [0.2, 0.25) is 6.79 Å². The molecule has 312 valence electrons. The largest absolute Gasteiger partial charge is 0.462 e. The number of pyridine rings is 2. The minimum atomic E-state index is -0.616. The summed E-state index contributed by atoms with van der Waals surface area (Å²) in [5, 5.41) is 24.7. The van der Waals surface area contributed by atoms with Crippen molar-refractivity contribution in [1.29, 1.82) is 0 Å². The summed E-state index contributed by atoms with van der Waals surface area (Å²) in [6, 6.07) is 20.4. The van der Waals surface area contributed by atoms with Gasteiger partial charge in [-0.15, -0.1) is 10.2 Å². The Hall–Kier alpha value is -6.12. The summed E-state index contributed by atoms with van der Waals surface area (Å²) in [5.74, 6) is 1.70. The Morgan fingerprint density at radius 1 is 0.883 bits per heavy atom. The summed E-state index contributed by atoms with van der Waals surface area (Å²) in [7, 11) is 0. The van der Waals surface area contributed by atoms with Crippen LogP contribution in [0.2, 0.25) is 0 Å². The number of tetrazole rings is 1. The molecule has 2 N–H and O–H groups in total. The highest BCUT2D eigenvalue weighted by Crippen LogP contribution is 2.49. The third-order valence-electron chi connectivity index (χ3n) is 11.9. The number of aromatic nitrogens is 7. The zero-order valence-corrected chi connectivity index (χ0v) is 33.8. The van der Waals surface area contributed by atoms with Gasteiger partial charge < -0.3 is 29.4 Å². The molecular formula is C45H51N9O6. The number of hydrogen-bond acceptors (Lipinski definition) is 14. The normalized spacial score (nSPS) is 18.7. The predicted octanol–water partition coefficient (Wildman–Crippen LogP) is 6.42. The number of fused-ring (bicyclic) bond motifs is 2. The molecule has 7 heterocycles. The smallest absolute Gasteiger partial charge is 0.313 e. The number of carbonyl (C=O) groups is 2. The van der Waals surface area contributed by atoms with E-state index in [1.807, 2.05) is 36.4 Å². The third kappa shape index (κ3) is 9.83. The van der Waals surface area contributed by atoms with Gasteiger partial charge in [0.1, 0.15) is 29.4 Å². The lowest BCUT2D eigenvalue weighted by molar-refractivity contribution is -0.160. The Balaban J connectivity index is 0.791. The number of rotatable bonds is 18. The van der Waals surface area contributed by atoms with Crippen LogP contribution in [0.25, 0.3) is 0 Å². The maximum Gasteiger partial charge on any atom is 0.313 e. The zero-order chi connectivity index (χ0) is 40.7. The topological polar surface area (TPSA) is 181 Å². The monoisotopic (exact) mass is 813 g/mol. The molecule has 3 aliphatic heterocycles. The van der Waals surface area contributed by atoms with Crippen LogP contribution in [0.15, 0.2) is 77.2 Å². The van der Waals surface area contributed by atoms with Crippen molar-refractivity contribution in [3.63, 3.8) is 0 Å². The molecule has 9 rings (SSSR count). The molecule has 15 heteroatoms. The number of carbonyl (C=O) groups excluding carboxylic acids is 2. The molecule has 4 atom stereocenters. The third-order valence-corrected chi connectivity index (χ3v) is 11.9. The number of nitrogens with zero attached hydrogens (tertiary/aromatic N) is 7. The summed E-state index contributed by atoms with van der Waals surface area (Å²) in [6.45, 7) is 2.50. The molecule has 1 aromatic carbocycles. The molecule has 5 aromatic rings. The molecule has 15 nitrogen and oxygen atoms in total. The highest BCUT2D eigenvalue weighted by atomic mass is 16.7. The van der Waals surface area contributed by atoms with Crippen LogP contribution in [0.1, 0.15) is 102 Å². The first-order chi connectivity index (χ1) is 29.5. The fourth-order valence-corrected chi connectivity index (χ4v) is 8.64. The first kappa shape index (κ1) is 39.3. The lowest BCUT2D eigenvalue weighted by Crippen LogP contribution is -2.25. The van der Waals surface area contributed by atoms with E-state index in [4.69, 9.17) is 33.8 Å². The van der Waals surface area contributed by atoms with Gasteiger partial charge in [0, 0.05) is 49.3 Å². The number of hydrogen-bond donors (Lipinski definition) is 2. The van der Waals surface area contributed by atoms with Crippen LogP contribution in [0.3, 0.4) is 0 Å². The van der Waals surface area contributed by atoms with Gasteiger partial charge in [-0.3, -0.25) is 9.59 Å². The van der Waals surface area contributed by atoms with E-state index >= 15 is 0 Å². The van der Waals surface area contributed by atoms with Gasteiger partial charge >= 0.3 is 11.9 Å². The van der Waals surface area contributed by atoms with Crippen LogP contribution < -0.4 is 10.6 Å². The van der Waals surface area contributed by atoms with Gasteiger partial charge in [-0.1, -0.05) is 47.6 Å². The Kier molecular flexibility index (Phi) is 12.1. The average molecular weight is 814 g/mol. The molecule has 1 fully saturated rings. The Morgan fingerprint density at radius 3 is 2.37 bits per heavy atom. The molecule has 4 aliphatic rings. The fourth-order valence-electron chi connectivity index (χ4n) is 8.64. The van der Waals surface area contributed by atoms with Crippen molar-refractivity contribution in [2.75, 3.05) is 30.5 Å². The van der Waals surface area contributed by atoms with Crippen LogP contribution in [0, 0.1) is 11.8 Å². The SMILES string of the molecule is O=C(CC1CC1c1cc(CCCc2ccc3c(n2)NCCC3)on1)OC(=O)CC(Cc1ccccc1)C(C1=COCO1)c1nnn(CCCc2ccc3c(n2)NCCC3)n1. The molecule has 0 bridgehead atoms. The van der Waals surface area contributed by atoms with E-state index in [1.165, 1.54) is 11.1 Å². The lowest BCUT2D eigenvalue weighted by atomic mass is 9.82. The molecule has 4 unspecified atom stereocenters. The van der Waals surface area contributed by atoms with Crippen molar-refractivity contribution in [1.82, 2.24) is 35.3 Å². The van der Waals surface area contributed by atoms with E-state index in [0.717, 1.165) is 117 Å². The number of aryl methyl sites for hydroxylation is 6. The molecule has 1 aliphatic carbocycles. The van der Waals surface area contributed by atoms with Crippen molar-refractivity contribution in [2.45, 2.75) is 102 Å². The standard InChI is InChI=1S/C45H51N9O6/c55-40(24-32-23-37(32)38-26-36(60-52-38)14-4-12-34-17-15-30-10-5-19-46-43(30)48-34)59-41(56)25-33(22-29-8-2-1-3-9-29)42(39-27-57-28-58-39)45-50-53-54(51-45)21-7-13-35-18-16-31-11-6-20-47-44(31)49-35/h1-3,8-9,15-18,26-27,32-33,37,42H,4-7,10-14,19-25,28H2,(H,46,48)(H,47,49). The summed E-state index contributed by atoms with van der Waals surface area (Å²) in [4.78, 5) is 37.9. The van der Waals surface area contributed by atoms with Crippen molar-refractivity contribution < 1.29 is 28.3 Å². The van der Waals surface area contributed by atoms with Gasteiger partial charge in [0.05, 0.1) is 24.6 Å². The number of esters is 2. The van der Waals surface area contributed by atoms with Crippen LogP contribution in [-0.2, 0) is 68.9 Å². The van der Waals surface area contributed by atoms with Crippen molar-refractivity contribution >= 4 is 23.6 Å². The molecule has 0 saturated heterocycles. The second-order valence-electron chi connectivity index (χ2n) is 16.3. The van der Waals surface area contributed by atoms with Gasteiger partial charge in [0.15, 0.2) is 5.82 Å². The predicted molar refractivity (Wildman–Crippen MR) is 219 cm³/mol. The lowest BCUT2D eigenvalue weighted by Gasteiger charge is -2.24. The number of benzene rings is 1. The maximum atomic E-state index is 13.6. The Bertz CT molecular complexity index is 2310. The first-order valence-electron chi connectivity index (χ1n) is 21.4. The summed E-state index contributed by atoms with van der Waals surface area (Å²) < 4.78 is 22.5. The van der Waals surface area contributed by atoms with Crippen LogP contribution in [-0.4, -0.2) is 67.2 Å². The van der Waals surface area contributed by atoms with Gasteiger partial charge in [-0.25, -0.2) is 9.97 Å². The van der Waals surface area contributed by atoms with Crippen molar-refractivity contribution in [3.8, 4) is 0 Å². The summed E-state index contributed by atoms with van der Waals surface area (Å²) in [5.41, 5.74) is 6.48. The molecule has 4 aromatic heterocycles. The highest BCUT2D eigenvalue weighted by molar-refractivity contribution is 5.86. The number of allylic oxidation sites excluding steroid dienone is 1. The minimum absolute atomic E-state index is 0.0384. The van der Waals surface area contributed by atoms with Gasteiger partial charge in [-0.05, 0) is 110 Å². The van der Waals surface area contributed by atoms with Crippen LogP contribution in [0.5, 0.6) is 0 Å². The molecule has 0 radical (unpaired) electrons.